The third-order valence-electron chi connectivity index (χ3n) is 1.92. The molecule has 1 aromatic rings. The molecule has 0 aromatic heterocycles. The molecule has 0 aliphatic rings. The van der Waals surface area contributed by atoms with Crippen molar-refractivity contribution >= 4 is 26.0 Å². The van der Waals surface area contributed by atoms with Gasteiger partial charge >= 0.3 is 0 Å². The molecule has 0 radical (unpaired) electrons. The molecule has 0 amide bonds. The van der Waals surface area contributed by atoms with E-state index in [-0.39, 0.29) is 12.4 Å². The van der Waals surface area contributed by atoms with Gasteiger partial charge in [0.25, 0.3) is 0 Å². The third-order valence-corrected chi connectivity index (χ3v) is 3.93. The molecule has 16 heavy (non-hydrogen) atoms. The summed E-state index contributed by atoms with van der Waals surface area (Å²) in [5.74, 6) is -0.0788. The van der Waals surface area contributed by atoms with Gasteiger partial charge in [0, 0.05) is 10.5 Å². The van der Waals surface area contributed by atoms with Gasteiger partial charge in [-0.3, -0.25) is 0 Å². The van der Waals surface area contributed by atoms with Crippen LogP contribution < -0.4 is 4.72 Å². The summed E-state index contributed by atoms with van der Waals surface area (Å²) in [5, 5.41) is 8.77. The molecule has 0 aliphatic carbocycles. The fourth-order valence-electron chi connectivity index (χ4n) is 1.19. The van der Waals surface area contributed by atoms with Crippen molar-refractivity contribution in [3.05, 3.63) is 34.3 Å². The van der Waals surface area contributed by atoms with E-state index in [1.165, 1.54) is 0 Å². The summed E-state index contributed by atoms with van der Waals surface area (Å²) in [6, 6.07) is 6.61. The van der Waals surface area contributed by atoms with Gasteiger partial charge in [-0.25, -0.2) is 13.1 Å². The first-order valence-electron chi connectivity index (χ1n) is 4.78. The average molecular weight is 308 g/mol. The van der Waals surface area contributed by atoms with Crippen LogP contribution in [0.1, 0.15) is 12.5 Å². The van der Waals surface area contributed by atoms with Crippen molar-refractivity contribution in [3.8, 4) is 0 Å². The van der Waals surface area contributed by atoms with Crippen molar-refractivity contribution in [1.29, 1.82) is 0 Å². The quantitative estimate of drug-likeness (QED) is 0.860. The number of nitrogens with one attached hydrogen (secondary N) is 1. The number of hydrogen-bond acceptors (Lipinski definition) is 3. The molecule has 1 unspecified atom stereocenters. The number of sulfonamides is 1. The number of rotatable bonds is 5. The Morgan fingerprint density at radius 1 is 1.38 bits per heavy atom. The molecule has 0 saturated carbocycles. The predicted octanol–water partition coefficient (Wildman–Crippen LogP) is 1.25. The fourth-order valence-corrected chi connectivity index (χ4v) is 2.85. The van der Waals surface area contributed by atoms with E-state index in [0.29, 0.717) is 5.56 Å². The minimum atomic E-state index is -3.38. The lowest BCUT2D eigenvalue weighted by molar-refractivity contribution is 0.265. The Hall–Kier alpha value is -0.430. The van der Waals surface area contributed by atoms with Crippen molar-refractivity contribution in [1.82, 2.24) is 4.72 Å². The lowest BCUT2D eigenvalue weighted by Crippen LogP contribution is -2.35. The largest absolute Gasteiger partial charge is 0.395 e. The first-order chi connectivity index (χ1) is 7.43. The number of halogens is 1. The Morgan fingerprint density at radius 2 is 1.94 bits per heavy atom. The van der Waals surface area contributed by atoms with Gasteiger partial charge in [0.2, 0.25) is 10.0 Å². The monoisotopic (exact) mass is 307 g/mol. The van der Waals surface area contributed by atoms with Crippen LogP contribution in [-0.4, -0.2) is 26.2 Å². The molecule has 6 heteroatoms. The van der Waals surface area contributed by atoms with E-state index >= 15 is 0 Å². The molecule has 2 N–H and O–H groups in total. The molecule has 1 atom stereocenters. The number of benzene rings is 1. The average Bonchev–Trinajstić information content (AvgIpc) is 2.20. The van der Waals surface area contributed by atoms with Crippen molar-refractivity contribution < 1.29 is 13.5 Å². The van der Waals surface area contributed by atoms with Crippen LogP contribution in [0.25, 0.3) is 0 Å². The van der Waals surface area contributed by atoms with Crippen LogP contribution in [0.3, 0.4) is 0 Å². The Bertz CT molecular complexity index is 430. The maximum atomic E-state index is 11.6. The summed E-state index contributed by atoms with van der Waals surface area (Å²) in [7, 11) is -3.38. The second kappa shape index (κ2) is 5.77. The number of aliphatic hydroxyl groups is 1. The smallest absolute Gasteiger partial charge is 0.216 e. The maximum absolute atomic E-state index is 11.6. The molecule has 0 saturated heterocycles. The molecule has 90 valence electrons. The van der Waals surface area contributed by atoms with Crippen LogP contribution in [0.5, 0.6) is 0 Å². The third kappa shape index (κ3) is 4.61. The molecule has 0 heterocycles. The van der Waals surface area contributed by atoms with Crippen LogP contribution in [0.2, 0.25) is 0 Å². The van der Waals surface area contributed by atoms with Crippen LogP contribution in [0.4, 0.5) is 0 Å². The number of hydrogen-bond donors (Lipinski definition) is 2. The molecular formula is C10H14BrNO3S. The Kier molecular flexibility index (Phi) is 4.91. The molecular weight excluding hydrogens is 294 g/mol. The molecule has 1 aromatic carbocycles. The normalized spacial score (nSPS) is 13.7. The SMILES string of the molecule is CC(CO)NS(=O)(=O)Cc1ccc(Br)cc1. The standard InChI is InChI=1S/C10H14BrNO3S/c1-8(6-13)12-16(14,15)7-9-2-4-10(11)5-3-9/h2-5,8,12-13H,6-7H2,1H3. The Balaban J connectivity index is 2.69. The van der Waals surface area contributed by atoms with Gasteiger partial charge in [-0.1, -0.05) is 28.1 Å². The molecule has 0 spiro atoms. The lowest BCUT2D eigenvalue weighted by atomic mass is 10.2. The van der Waals surface area contributed by atoms with E-state index < -0.39 is 16.1 Å². The zero-order valence-corrected chi connectivity index (χ0v) is 11.3. The molecule has 1 rings (SSSR count). The van der Waals surface area contributed by atoms with E-state index in [2.05, 4.69) is 20.7 Å². The molecule has 0 aliphatic heterocycles. The minimum absolute atomic E-state index is 0.0788. The van der Waals surface area contributed by atoms with Crippen LogP contribution >= 0.6 is 15.9 Å². The Labute approximate surface area is 104 Å². The van der Waals surface area contributed by atoms with Gasteiger partial charge in [-0.05, 0) is 24.6 Å². The zero-order valence-electron chi connectivity index (χ0n) is 8.85. The first kappa shape index (κ1) is 13.6. The fraction of sp³-hybridized carbons (Fsp3) is 0.400. The van der Waals surface area contributed by atoms with E-state index in [9.17, 15) is 8.42 Å². The summed E-state index contributed by atoms with van der Waals surface area (Å²) in [6.45, 7) is 1.40. The predicted molar refractivity (Wildman–Crippen MR) is 66.4 cm³/mol. The molecule has 4 nitrogen and oxygen atoms in total. The summed E-state index contributed by atoms with van der Waals surface area (Å²) in [6.07, 6.45) is 0. The summed E-state index contributed by atoms with van der Waals surface area (Å²) in [5.41, 5.74) is 0.709. The van der Waals surface area contributed by atoms with Gasteiger partial charge in [-0.2, -0.15) is 0 Å². The van der Waals surface area contributed by atoms with Gasteiger partial charge in [0.15, 0.2) is 0 Å². The molecule has 0 bridgehead atoms. The summed E-state index contributed by atoms with van der Waals surface area (Å²) in [4.78, 5) is 0. The highest BCUT2D eigenvalue weighted by atomic mass is 79.9. The van der Waals surface area contributed by atoms with Crippen molar-refractivity contribution in [2.24, 2.45) is 0 Å². The number of aliphatic hydroxyl groups excluding tert-OH is 1. The second-order valence-electron chi connectivity index (χ2n) is 3.59. The van der Waals surface area contributed by atoms with E-state index in [1.807, 2.05) is 0 Å². The van der Waals surface area contributed by atoms with Crippen LogP contribution in [-0.2, 0) is 15.8 Å². The summed E-state index contributed by atoms with van der Waals surface area (Å²) < 4.78 is 26.5. The van der Waals surface area contributed by atoms with E-state index in [0.717, 1.165) is 4.47 Å². The highest BCUT2D eigenvalue weighted by molar-refractivity contribution is 9.10. The van der Waals surface area contributed by atoms with Gasteiger partial charge in [0.1, 0.15) is 0 Å². The van der Waals surface area contributed by atoms with Gasteiger partial charge in [0.05, 0.1) is 12.4 Å². The van der Waals surface area contributed by atoms with E-state index in [1.54, 1.807) is 31.2 Å². The van der Waals surface area contributed by atoms with Crippen LogP contribution in [0, 0.1) is 0 Å². The maximum Gasteiger partial charge on any atom is 0.216 e. The second-order valence-corrected chi connectivity index (χ2v) is 6.26. The van der Waals surface area contributed by atoms with Gasteiger partial charge < -0.3 is 5.11 Å². The van der Waals surface area contributed by atoms with Crippen LogP contribution in [0.15, 0.2) is 28.7 Å². The van der Waals surface area contributed by atoms with E-state index in [4.69, 9.17) is 5.11 Å². The summed E-state index contributed by atoms with van der Waals surface area (Å²) >= 11 is 3.28. The molecule has 0 fully saturated rings. The zero-order chi connectivity index (χ0) is 12.2. The topological polar surface area (TPSA) is 66.4 Å². The van der Waals surface area contributed by atoms with Crippen molar-refractivity contribution in [2.75, 3.05) is 6.61 Å². The van der Waals surface area contributed by atoms with Gasteiger partial charge in [-0.15, -0.1) is 0 Å². The highest BCUT2D eigenvalue weighted by Gasteiger charge is 2.14. The minimum Gasteiger partial charge on any atom is -0.395 e. The van der Waals surface area contributed by atoms with Crippen molar-refractivity contribution in [2.45, 2.75) is 18.7 Å². The lowest BCUT2D eigenvalue weighted by Gasteiger charge is -2.11. The highest BCUT2D eigenvalue weighted by Crippen LogP contribution is 2.12. The van der Waals surface area contributed by atoms with Crippen molar-refractivity contribution in [3.63, 3.8) is 0 Å². The first-order valence-corrected chi connectivity index (χ1v) is 7.23. The Morgan fingerprint density at radius 3 is 2.44 bits per heavy atom.